The van der Waals surface area contributed by atoms with Gasteiger partial charge in [0.2, 0.25) is 11.9 Å². The number of β-amino-alcohol motifs (C(OH)–C–C–N with tert-alkyl or cyclic N) is 1. The van der Waals surface area contributed by atoms with Gasteiger partial charge in [0.05, 0.1) is 11.6 Å². The first-order valence-electron chi connectivity index (χ1n) is 9.96. The second-order valence-corrected chi connectivity index (χ2v) is 8.16. The summed E-state index contributed by atoms with van der Waals surface area (Å²) in [7, 11) is 0. The number of aromatic nitrogens is 3. The van der Waals surface area contributed by atoms with Crippen molar-refractivity contribution in [2.45, 2.75) is 62.8 Å². The first-order valence-corrected chi connectivity index (χ1v) is 9.96. The van der Waals surface area contributed by atoms with E-state index < -0.39 is 12.1 Å². The number of rotatable bonds is 2. The zero-order valence-electron chi connectivity index (χ0n) is 15.4. The van der Waals surface area contributed by atoms with Gasteiger partial charge in [-0.15, -0.1) is 0 Å². The predicted molar refractivity (Wildman–Crippen MR) is 101 cm³/mol. The van der Waals surface area contributed by atoms with Gasteiger partial charge in [0.15, 0.2) is 0 Å². The Labute approximate surface area is 157 Å². The second-order valence-electron chi connectivity index (χ2n) is 8.16. The molecule has 8 nitrogen and oxygen atoms in total. The number of hydrogen-bond acceptors (Lipinski definition) is 6. The van der Waals surface area contributed by atoms with Gasteiger partial charge in [0, 0.05) is 43.3 Å². The highest BCUT2D eigenvalue weighted by atomic mass is 16.3. The van der Waals surface area contributed by atoms with Crippen molar-refractivity contribution >= 4 is 22.9 Å². The molecule has 1 amide bonds. The van der Waals surface area contributed by atoms with E-state index in [9.17, 15) is 9.90 Å². The number of anilines is 1. The summed E-state index contributed by atoms with van der Waals surface area (Å²) in [6.07, 6.45) is 7.80. The summed E-state index contributed by atoms with van der Waals surface area (Å²) < 4.78 is 2.43. The van der Waals surface area contributed by atoms with Crippen LogP contribution in [0.2, 0.25) is 0 Å². The van der Waals surface area contributed by atoms with E-state index in [1.165, 1.54) is 37.8 Å². The van der Waals surface area contributed by atoms with E-state index in [0.29, 0.717) is 18.9 Å². The van der Waals surface area contributed by atoms with E-state index in [1.807, 2.05) is 6.20 Å². The Balaban J connectivity index is 1.52. The third-order valence-corrected chi connectivity index (χ3v) is 6.28. The van der Waals surface area contributed by atoms with Crippen LogP contribution in [0.3, 0.4) is 0 Å². The summed E-state index contributed by atoms with van der Waals surface area (Å²) >= 11 is 0. The van der Waals surface area contributed by atoms with E-state index in [0.717, 1.165) is 24.1 Å². The minimum absolute atomic E-state index is 0.0949. The maximum absolute atomic E-state index is 12.1. The molecule has 2 aliphatic heterocycles. The SMILES string of the molecule is O=C1NC[C@H](O)C[C@@H]1Nc1ncc2cc3n(c2n1)C1(CCCCC1)CNC3. The maximum atomic E-state index is 12.1. The van der Waals surface area contributed by atoms with Gasteiger partial charge in [-0.25, -0.2) is 4.98 Å². The lowest BCUT2D eigenvalue weighted by Crippen LogP contribution is -2.50. The molecule has 0 bridgehead atoms. The van der Waals surface area contributed by atoms with Crippen molar-refractivity contribution < 1.29 is 9.90 Å². The summed E-state index contributed by atoms with van der Waals surface area (Å²) in [6.45, 7) is 2.13. The van der Waals surface area contributed by atoms with Crippen molar-refractivity contribution in [1.82, 2.24) is 25.2 Å². The quantitative estimate of drug-likeness (QED) is 0.625. The molecule has 2 atom stereocenters. The standard InChI is InChI=1S/C19H26N6O2/c26-14-7-15(17(27)21-10-14)23-18-22-8-12-6-13-9-20-11-19(4-2-1-3-5-19)25(13)16(12)24-18/h6,8,14-15,20,26H,1-5,7,9-11H2,(H,21,27)(H,22,23,24)/t14-,15+/m1/s1. The highest BCUT2D eigenvalue weighted by molar-refractivity contribution is 5.85. The van der Waals surface area contributed by atoms with Gasteiger partial charge in [-0.3, -0.25) is 4.79 Å². The molecule has 2 aromatic heterocycles. The molecule has 5 rings (SSSR count). The molecule has 1 aliphatic carbocycles. The van der Waals surface area contributed by atoms with Crippen molar-refractivity contribution in [2.75, 3.05) is 18.4 Å². The Morgan fingerprint density at radius 2 is 2.15 bits per heavy atom. The number of carbonyl (C=O) groups excluding carboxylic acids is 1. The Bertz CT molecular complexity index is 872. The molecule has 2 aromatic rings. The molecule has 0 radical (unpaired) electrons. The molecular weight excluding hydrogens is 344 g/mol. The van der Waals surface area contributed by atoms with Gasteiger partial charge in [-0.1, -0.05) is 19.3 Å². The van der Waals surface area contributed by atoms with Crippen LogP contribution in [0.1, 0.15) is 44.2 Å². The molecule has 1 saturated heterocycles. The average Bonchev–Trinajstić information content (AvgIpc) is 3.05. The molecule has 4 heterocycles. The lowest BCUT2D eigenvalue weighted by Gasteiger charge is -2.43. The monoisotopic (exact) mass is 370 g/mol. The highest BCUT2D eigenvalue weighted by Crippen LogP contribution is 2.40. The van der Waals surface area contributed by atoms with Crippen LogP contribution >= 0.6 is 0 Å². The van der Waals surface area contributed by atoms with Gasteiger partial charge in [0.1, 0.15) is 11.7 Å². The van der Waals surface area contributed by atoms with Gasteiger partial charge < -0.3 is 25.6 Å². The molecule has 2 fully saturated rings. The number of nitrogens with zero attached hydrogens (tertiary/aromatic N) is 3. The van der Waals surface area contributed by atoms with E-state index >= 15 is 0 Å². The number of amides is 1. The van der Waals surface area contributed by atoms with E-state index in [-0.39, 0.29) is 11.4 Å². The fraction of sp³-hybridized carbons (Fsp3) is 0.632. The zero-order valence-corrected chi connectivity index (χ0v) is 15.4. The molecule has 3 aliphatic rings. The van der Waals surface area contributed by atoms with Crippen LogP contribution in [0.4, 0.5) is 5.95 Å². The Kier molecular flexibility index (Phi) is 4.05. The zero-order chi connectivity index (χ0) is 18.4. The van der Waals surface area contributed by atoms with Gasteiger partial charge in [0.25, 0.3) is 0 Å². The Morgan fingerprint density at radius 1 is 1.30 bits per heavy atom. The average molecular weight is 370 g/mol. The van der Waals surface area contributed by atoms with E-state index in [2.05, 4.69) is 31.6 Å². The fourth-order valence-electron chi connectivity index (χ4n) is 4.97. The van der Waals surface area contributed by atoms with Crippen LogP contribution in [0.5, 0.6) is 0 Å². The molecule has 1 saturated carbocycles. The normalized spacial score (nSPS) is 27.4. The number of piperidine rings is 1. The third kappa shape index (κ3) is 2.87. The Hall–Kier alpha value is -2.19. The fourth-order valence-corrected chi connectivity index (χ4v) is 4.97. The predicted octanol–water partition coefficient (Wildman–Crippen LogP) is 0.855. The van der Waals surface area contributed by atoms with Gasteiger partial charge in [-0.2, -0.15) is 4.98 Å². The largest absolute Gasteiger partial charge is 0.391 e. The number of nitrogens with one attached hydrogen (secondary N) is 3. The molecule has 144 valence electrons. The van der Waals surface area contributed by atoms with Crippen molar-refractivity contribution in [2.24, 2.45) is 0 Å². The highest BCUT2D eigenvalue weighted by Gasteiger charge is 2.39. The molecular formula is C19H26N6O2. The summed E-state index contributed by atoms with van der Waals surface area (Å²) in [4.78, 5) is 21.3. The smallest absolute Gasteiger partial charge is 0.242 e. The number of aliphatic hydroxyl groups is 1. The van der Waals surface area contributed by atoms with Crippen molar-refractivity contribution in [3.63, 3.8) is 0 Å². The van der Waals surface area contributed by atoms with Crippen LogP contribution < -0.4 is 16.0 Å². The van der Waals surface area contributed by atoms with Crippen molar-refractivity contribution in [3.8, 4) is 0 Å². The molecule has 0 aromatic carbocycles. The lowest BCUT2D eigenvalue weighted by molar-refractivity contribution is -0.124. The number of carbonyl (C=O) groups is 1. The molecule has 1 spiro atoms. The maximum Gasteiger partial charge on any atom is 0.242 e. The first-order chi connectivity index (χ1) is 13.1. The van der Waals surface area contributed by atoms with Crippen LogP contribution in [0.15, 0.2) is 12.3 Å². The third-order valence-electron chi connectivity index (χ3n) is 6.28. The minimum Gasteiger partial charge on any atom is -0.391 e. The van der Waals surface area contributed by atoms with Crippen LogP contribution in [-0.2, 0) is 16.9 Å². The van der Waals surface area contributed by atoms with Crippen molar-refractivity contribution in [3.05, 3.63) is 18.0 Å². The van der Waals surface area contributed by atoms with Crippen LogP contribution in [0, 0.1) is 0 Å². The lowest BCUT2D eigenvalue weighted by atomic mass is 9.80. The summed E-state index contributed by atoms with van der Waals surface area (Å²) in [5.74, 6) is 0.330. The minimum atomic E-state index is -0.540. The van der Waals surface area contributed by atoms with Gasteiger partial charge >= 0.3 is 0 Å². The molecule has 0 unspecified atom stereocenters. The first kappa shape index (κ1) is 16.9. The number of hydrogen-bond donors (Lipinski definition) is 4. The summed E-state index contributed by atoms with van der Waals surface area (Å²) in [5, 5.41) is 20.3. The van der Waals surface area contributed by atoms with E-state index in [4.69, 9.17) is 4.98 Å². The Morgan fingerprint density at radius 3 is 3.00 bits per heavy atom. The molecule has 27 heavy (non-hydrogen) atoms. The van der Waals surface area contributed by atoms with Crippen LogP contribution in [-0.4, -0.2) is 50.8 Å². The second kappa shape index (κ2) is 6.45. The number of aliphatic hydroxyl groups excluding tert-OH is 1. The topological polar surface area (TPSA) is 104 Å². The van der Waals surface area contributed by atoms with E-state index in [1.54, 1.807) is 0 Å². The number of fused-ring (bicyclic) bond motifs is 4. The summed E-state index contributed by atoms with van der Waals surface area (Å²) in [5.41, 5.74) is 2.30. The molecule has 4 N–H and O–H groups in total. The van der Waals surface area contributed by atoms with Gasteiger partial charge in [-0.05, 0) is 18.9 Å². The van der Waals surface area contributed by atoms with Crippen molar-refractivity contribution in [1.29, 1.82) is 0 Å². The summed E-state index contributed by atoms with van der Waals surface area (Å²) in [6, 6.07) is 1.67. The molecule has 8 heteroatoms. The van der Waals surface area contributed by atoms with Crippen LogP contribution in [0.25, 0.3) is 11.0 Å².